The first kappa shape index (κ1) is 21.2. The highest BCUT2D eigenvalue weighted by molar-refractivity contribution is 7.89. The predicted molar refractivity (Wildman–Crippen MR) is 104 cm³/mol. The fraction of sp³-hybridized carbons (Fsp3) is 0.611. The van der Waals surface area contributed by atoms with Crippen LogP contribution in [0.25, 0.3) is 0 Å². The summed E-state index contributed by atoms with van der Waals surface area (Å²) in [6, 6.07) is 8.58. The fourth-order valence-electron chi connectivity index (χ4n) is 3.60. The third-order valence-corrected chi connectivity index (χ3v) is 7.17. The van der Waals surface area contributed by atoms with Gasteiger partial charge in [-0.05, 0) is 43.9 Å². The van der Waals surface area contributed by atoms with Gasteiger partial charge < -0.3 is 10.6 Å². The maximum Gasteiger partial charge on any atom is 0.243 e. The normalized spacial score (nSPS) is 27.3. The minimum Gasteiger partial charge on any atom is -0.352 e. The molecule has 1 aromatic rings. The average Bonchev–Trinajstić information content (AvgIpc) is 2.64. The first-order valence-corrected chi connectivity index (χ1v) is 10.5. The van der Waals surface area contributed by atoms with E-state index >= 15 is 0 Å². The van der Waals surface area contributed by atoms with Crippen LogP contribution in [-0.2, 0) is 14.8 Å². The number of nitrogens with one attached hydrogen (secondary N) is 2. The number of amides is 1. The number of sulfonamides is 1. The van der Waals surface area contributed by atoms with E-state index in [4.69, 9.17) is 0 Å². The quantitative estimate of drug-likeness (QED) is 0.803. The van der Waals surface area contributed by atoms with Gasteiger partial charge in [0.2, 0.25) is 15.9 Å². The smallest absolute Gasteiger partial charge is 0.243 e. The van der Waals surface area contributed by atoms with Crippen molar-refractivity contribution in [2.75, 3.05) is 26.2 Å². The Morgan fingerprint density at radius 1 is 1.23 bits per heavy atom. The minimum atomic E-state index is -3.53. The van der Waals surface area contributed by atoms with E-state index in [-0.39, 0.29) is 36.8 Å². The SMILES string of the molecule is CC1CCNCC1NC(=O)C1CCCN(S(=O)(=O)c2ccccc2)C1.Cl. The summed E-state index contributed by atoms with van der Waals surface area (Å²) in [6.45, 7) is 4.66. The Kier molecular flexibility index (Phi) is 7.46. The summed E-state index contributed by atoms with van der Waals surface area (Å²) in [4.78, 5) is 13.0. The van der Waals surface area contributed by atoms with Crippen molar-refractivity contribution in [1.29, 1.82) is 0 Å². The molecule has 2 heterocycles. The molecule has 3 unspecified atom stereocenters. The van der Waals surface area contributed by atoms with Crippen molar-refractivity contribution < 1.29 is 13.2 Å². The van der Waals surface area contributed by atoms with Gasteiger partial charge in [0.1, 0.15) is 0 Å². The van der Waals surface area contributed by atoms with Crippen LogP contribution in [-0.4, -0.2) is 50.9 Å². The first-order valence-electron chi connectivity index (χ1n) is 9.05. The van der Waals surface area contributed by atoms with E-state index in [1.165, 1.54) is 4.31 Å². The summed E-state index contributed by atoms with van der Waals surface area (Å²) in [5.41, 5.74) is 0. The van der Waals surface area contributed by atoms with Gasteiger partial charge in [0.05, 0.1) is 10.8 Å². The molecule has 2 N–H and O–H groups in total. The fourth-order valence-corrected chi connectivity index (χ4v) is 5.14. The summed E-state index contributed by atoms with van der Waals surface area (Å²) in [7, 11) is -3.53. The monoisotopic (exact) mass is 401 g/mol. The molecule has 6 nitrogen and oxygen atoms in total. The van der Waals surface area contributed by atoms with Gasteiger partial charge >= 0.3 is 0 Å². The second-order valence-corrected chi connectivity index (χ2v) is 9.04. The van der Waals surface area contributed by atoms with Crippen LogP contribution in [0, 0.1) is 11.8 Å². The maximum absolute atomic E-state index is 12.8. The van der Waals surface area contributed by atoms with Crippen molar-refractivity contribution in [3.63, 3.8) is 0 Å². The van der Waals surface area contributed by atoms with Gasteiger partial charge in [0.25, 0.3) is 0 Å². The van der Waals surface area contributed by atoms with Crippen LogP contribution in [0.4, 0.5) is 0 Å². The van der Waals surface area contributed by atoms with Gasteiger partial charge in [-0.2, -0.15) is 4.31 Å². The Labute approximate surface area is 162 Å². The molecule has 0 saturated carbocycles. The third-order valence-electron chi connectivity index (χ3n) is 5.29. The van der Waals surface area contributed by atoms with E-state index in [1.807, 2.05) is 0 Å². The van der Waals surface area contributed by atoms with Gasteiger partial charge in [0, 0.05) is 25.7 Å². The van der Waals surface area contributed by atoms with Crippen LogP contribution in [0.5, 0.6) is 0 Å². The molecule has 1 amide bonds. The van der Waals surface area contributed by atoms with E-state index in [2.05, 4.69) is 17.6 Å². The lowest BCUT2D eigenvalue weighted by Crippen LogP contribution is -2.53. The van der Waals surface area contributed by atoms with Crippen molar-refractivity contribution in [2.24, 2.45) is 11.8 Å². The highest BCUT2D eigenvalue weighted by Gasteiger charge is 2.34. The summed E-state index contributed by atoms with van der Waals surface area (Å²) in [5, 5.41) is 6.43. The molecule has 8 heteroatoms. The molecule has 3 atom stereocenters. The minimum absolute atomic E-state index is 0. The molecule has 0 aliphatic carbocycles. The Balaban J connectivity index is 0.00000243. The Morgan fingerprint density at radius 2 is 1.96 bits per heavy atom. The van der Waals surface area contributed by atoms with E-state index in [0.717, 1.165) is 25.9 Å². The topological polar surface area (TPSA) is 78.5 Å². The molecule has 26 heavy (non-hydrogen) atoms. The standard InChI is InChI=1S/C18H27N3O3S.ClH/c1-14-9-10-19-12-17(14)20-18(22)15-6-5-11-21(13-15)25(23,24)16-7-3-2-4-8-16;/h2-4,7-8,14-15,17,19H,5-6,9-13H2,1H3,(H,20,22);1H. The number of hydrogen-bond donors (Lipinski definition) is 2. The number of halogens is 1. The average molecular weight is 402 g/mol. The zero-order valence-electron chi connectivity index (χ0n) is 15.1. The summed E-state index contributed by atoms with van der Waals surface area (Å²) >= 11 is 0. The molecule has 2 aliphatic rings. The highest BCUT2D eigenvalue weighted by Crippen LogP contribution is 2.24. The first-order chi connectivity index (χ1) is 12.0. The Morgan fingerprint density at radius 3 is 2.65 bits per heavy atom. The van der Waals surface area contributed by atoms with Crippen LogP contribution in [0.1, 0.15) is 26.2 Å². The van der Waals surface area contributed by atoms with Gasteiger partial charge in [-0.15, -0.1) is 12.4 Å². The van der Waals surface area contributed by atoms with Crippen LogP contribution in [0.3, 0.4) is 0 Å². The van der Waals surface area contributed by atoms with Crippen molar-refractivity contribution in [3.05, 3.63) is 30.3 Å². The van der Waals surface area contributed by atoms with Crippen molar-refractivity contribution in [2.45, 2.75) is 37.1 Å². The van der Waals surface area contributed by atoms with Crippen LogP contribution in [0.15, 0.2) is 35.2 Å². The van der Waals surface area contributed by atoms with Crippen molar-refractivity contribution in [1.82, 2.24) is 14.9 Å². The molecule has 2 aliphatic heterocycles. The third kappa shape index (κ3) is 4.76. The van der Waals surface area contributed by atoms with E-state index in [9.17, 15) is 13.2 Å². The molecule has 0 aromatic heterocycles. The predicted octanol–water partition coefficient (Wildman–Crippen LogP) is 1.62. The molecular formula is C18H28ClN3O3S. The zero-order chi connectivity index (χ0) is 17.9. The van der Waals surface area contributed by atoms with Crippen molar-refractivity contribution >= 4 is 28.3 Å². The molecule has 0 spiro atoms. The van der Waals surface area contributed by atoms with E-state index in [0.29, 0.717) is 23.8 Å². The van der Waals surface area contributed by atoms with Gasteiger partial charge in [-0.25, -0.2) is 8.42 Å². The van der Waals surface area contributed by atoms with Crippen LogP contribution in [0.2, 0.25) is 0 Å². The lowest BCUT2D eigenvalue weighted by Gasteiger charge is -2.34. The molecule has 2 saturated heterocycles. The second-order valence-electron chi connectivity index (χ2n) is 7.10. The number of carbonyl (C=O) groups is 1. The van der Waals surface area contributed by atoms with Gasteiger partial charge in [-0.3, -0.25) is 4.79 Å². The molecule has 1 aromatic carbocycles. The Bertz CT molecular complexity index is 699. The molecule has 146 valence electrons. The number of piperidine rings is 2. The lowest BCUT2D eigenvalue weighted by molar-refractivity contribution is -0.127. The number of nitrogens with zero attached hydrogens (tertiary/aromatic N) is 1. The van der Waals surface area contributed by atoms with Crippen LogP contribution < -0.4 is 10.6 Å². The zero-order valence-corrected chi connectivity index (χ0v) is 16.7. The van der Waals surface area contributed by atoms with Gasteiger partial charge in [0.15, 0.2) is 0 Å². The number of carbonyl (C=O) groups excluding carboxylic acids is 1. The number of benzene rings is 1. The van der Waals surface area contributed by atoms with Gasteiger partial charge in [-0.1, -0.05) is 25.1 Å². The second kappa shape index (κ2) is 9.17. The molecule has 0 radical (unpaired) electrons. The summed E-state index contributed by atoms with van der Waals surface area (Å²) in [6.07, 6.45) is 2.49. The highest BCUT2D eigenvalue weighted by atomic mass is 35.5. The largest absolute Gasteiger partial charge is 0.352 e. The number of hydrogen-bond acceptors (Lipinski definition) is 4. The summed E-state index contributed by atoms with van der Waals surface area (Å²) < 4.78 is 27.0. The van der Waals surface area contributed by atoms with E-state index in [1.54, 1.807) is 30.3 Å². The summed E-state index contributed by atoms with van der Waals surface area (Å²) in [5.74, 6) is 0.146. The molecule has 3 rings (SSSR count). The van der Waals surface area contributed by atoms with Crippen LogP contribution >= 0.6 is 12.4 Å². The lowest BCUT2D eigenvalue weighted by atomic mass is 9.93. The molecular weight excluding hydrogens is 374 g/mol. The number of rotatable bonds is 4. The maximum atomic E-state index is 12.8. The molecule has 2 fully saturated rings. The molecule has 0 bridgehead atoms. The van der Waals surface area contributed by atoms with Crippen molar-refractivity contribution in [3.8, 4) is 0 Å². The van der Waals surface area contributed by atoms with E-state index < -0.39 is 10.0 Å². The Hall–Kier alpha value is -1.15.